The molecule has 0 amide bonds. The van der Waals surface area contributed by atoms with Crippen molar-refractivity contribution < 1.29 is 0 Å². The molecular weight excluding hydrogens is 132 g/mol. The van der Waals surface area contributed by atoms with Gasteiger partial charge in [-0.25, -0.2) is 0 Å². The molecule has 0 N–H and O–H groups in total. The molecule has 3 rings (SSSR count). The molecule has 2 bridgehead atoms. The van der Waals surface area contributed by atoms with Crippen molar-refractivity contribution >= 4 is 0 Å². The van der Waals surface area contributed by atoms with Gasteiger partial charge in [-0.2, -0.15) is 0 Å². The second kappa shape index (κ2) is 3.60. The lowest BCUT2D eigenvalue weighted by Gasteiger charge is -2.49. The lowest BCUT2D eigenvalue weighted by atomic mass is 9.57. The number of hydrogen-bond acceptors (Lipinski definition) is 0. The quantitative estimate of drug-likeness (QED) is 0.499. The van der Waals surface area contributed by atoms with Crippen LogP contribution in [0.25, 0.3) is 0 Å². The Morgan fingerprint density at radius 1 is 0.909 bits per heavy atom. The SMILES string of the molecule is CC.C[C@H]1CC2CC(C2)[C@@H]1C. The van der Waals surface area contributed by atoms with E-state index in [4.69, 9.17) is 0 Å². The zero-order valence-corrected chi connectivity index (χ0v) is 8.43. The molecule has 0 spiro atoms. The minimum absolute atomic E-state index is 1.03. The van der Waals surface area contributed by atoms with E-state index < -0.39 is 0 Å². The fourth-order valence-electron chi connectivity index (χ4n) is 2.61. The van der Waals surface area contributed by atoms with Crippen molar-refractivity contribution in [3.05, 3.63) is 0 Å². The Labute approximate surface area is 71.4 Å². The van der Waals surface area contributed by atoms with E-state index in [9.17, 15) is 0 Å². The monoisotopic (exact) mass is 154 g/mol. The first-order valence-electron chi connectivity index (χ1n) is 5.27. The topological polar surface area (TPSA) is 0 Å². The highest BCUT2D eigenvalue weighted by Gasteiger charge is 2.41. The molecule has 0 aromatic rings. The van der Waals surface area contributed by atoms with Crippen molar-refractivity contribution in [3.63, 3.8) is 0 Å². The summed E-state index contributed by atoms with van der Waals surface area (Å²) in [4.78, 5) is 0. The minimum Gasteiger partial charge on any atom is -0.0683 e. The Kier molecular flexibility index (Phi) is 2.98. The highest BCUT2D eigenvalue weighted by Crippen LogP contribution is 2.51. The van der Waals surface area contributed by atoms with E-state index in [-0.39, 0.29) is 0 Å². The zero-order chi connectivity index (χ0) is 8.43. The Morgan fingerprint density at radius 3 is 1.73 bits per heavy atom. The Morgan fingerprint density at radius 2 is 1.45 bits per heavy atom. The average molecular weight is 154 g/mol. The van der Waals surface area contributed by atoms with Gasteiger partial charge in [0.05, 0.1) is 0 Å². The highest BCUT2D eigenvalue weighted by molar-refractivity contribution is 4.91. The van der Waals surface area contributed by atoms with Gasteiger partial charge in [0.15, 0.2) is 0 Å². The van der Waals surface area contributed by atoms with Gasteiger partial charge in [0, 0.05) is 0 Å². The summed E-state index contributed by atoms with van der Waals surface area (Å²) in [5, 5.41) is 0. The standard InChI is InChI=1S/C9H16.C2H6/c1-6-3-8-4-9(5-8)7(6)2;1-2/h6-9H,3-5H2,1-2H3;1-2H3/t6-,7+,8?,9?;/m0./s1. The van der Waals surface area contributed by atoms with Crippen molar-refractivity contribution in [2.24, 2.45) is 23.7 Å². The second-order valence-electron chi connectivity index (χ2n) is 4.17. The van der Waals surface area contributed by atoms with Crippen LogP contribution in [-0.4, -0.2) is 0 Å². The third-order valence-electron chi connectivity index (χ3n) is 3.62. The average Bonchev–Trinajstić information content (AvgIpc) is 1.96. The maximum Gasteiger partial charge on any atom is -0.0381 e. The van der Waals surface area contributed by atoms with Crippen LogP contribution in [0.15, 0.2) is 0 Å². The van der Waals surface area contributed by atoms with E-state index in [2.05, 4.69) is 13.8 Å². The normalized spacial score (nSPS) is 46.9. The Bertz CT molecular complexity index is 109. The maximum absolute atomic E-state index is 2.44. The summed E-state index contributed by atoms with van der Waals surface area (Å²) < 4.78 is 0. The molecule has 3 aliphatic carbocycles. The van der Waals surface area contributed by atoms with Gasteiger partial charge in [0.1, 0.15) is 0 Å². The summed E-state index contributed by atoms with van der Waals surface area (Å²) in [5.41, 5.74) is 0. The van der Waals surface area contributed by atoms with Crippen LogP contribution in [0.1, 0.15) is 47.0 Å². The van der Waals surface area contributed by atoms with Crippen LogP contribution in [0.4, 0.5) is 0 Å². The number of hydrogen-bond donors (Lipinski definition) is 0. The third kappa shape index (κ3) is 1.60. The fourth-order valence-corrected chi connectivity index (χ4v) is 2.61. The van der Waals surface area contributed by atoms with E-state index in [0.29, 0.717) is 0 Å². The molecule has 0 nitrogen and oxygen atoms in total. The van der Waals surface area contributed by atoms with Crippen LogP contribution in [0.5, 0.6) is 0 Å². The first kappa shape index (κ1) is 9.09. The van der Waals surface area contributed by atoms with Gasteiger partial charge in [-0.3, -0.25) is 0 Å². The predicted molar refractivity (Wildman–Crippen MR) is 50.5 cm³/mol. The van der Waals surface area contributed by atoms with Gasteiger partial charge < -0.3 is 0 Å². The molecule has 3 aliphatic rings. The predicted octanol–water partition coefficient (Wildman–Crippen LogP) is 3.71. The van der Waals surface area contributed by atoms with Crippen LogP contribution in [0.3, 0.4) is 0 Å². The van der Waals surface area contributed by atoms with E-state index in [1.807, 2.05) is 13.8 Å². The van der Waals surface area contributed by atoms with E-state index >= 15 is 0 Å². The highest BCUT2D eigenvalue weighted by atomic mass is 14.5. The van der Waals surface area contributed by atoms with Crippen molar-refractivity contribution in [3.8, 4) is 0 Å². The maximum atomic E-state index is 2.44. The van der Waals surface area contributed by atoms with Gasteiger partial charge in [-0.1, -0.05) is 27.7 Å². The van der Waals surface area contributed by atoms with Gasteiger partial charge in [0.2, 0.25) is 0 Å². The van der Waals surface area contributed by atoms with Crippen molar-refractivity contribution in [2.75, 3.05) is 0 Å². The lowest BCUT2D eigenvalue weighted by molar-refractivity contribution is 0.0154. The lowest BCUT2D eigenvalue weighted by Crippen LogP contribution is -2.39. The van der Waals surface area contributed by atoms with Crippen LogP contribution in [0.2, 0.25) is 0 Å². The van der Waals surface area contributed by atoms with Crippen molar-refractivity contribution in [2.45, 2.75) is 47.0 Å². The minimum atomic E-state index is 1.03. The summed E-state index contributed by atoms with van der Waals surface area (Å²) in [6, 6.07) is 0. The largest absolute Gasteiger partial charge is 0.0683 e. The van der Waals surface area contributed by atoms with Crippen LogP contribution < -0.4 is 0 Å². The van der Waals surface area contributed by atoms with Gasteiger partial charge in [0.25, 0.3) is 0 Å². The first-order valence-corrected chi connectivity index (χ1v) is 5.27. The molecule has 3 fully saturated rings. The summed E-state index contributed by atoms with van der Waals surface area (Å²) in [5.74, 6) is 4.33. The van der Waals surface area contributed by atoms with E-state index in [1.165, 1.54) is 6.42 Å². The third-order valence-corrected chi connectivity index (χ3v) is 3.62. The molecule has 0 aromatic heterocycles. The number of rotatable bonds is 0. The zero-order valence-electron chi connectivity index (χ0n) is 8.43. The van der Waals surface area contributed by atoms with Crippen LogP contribution in [-0.2, 0) is 0 Å². The molecule has 2 atom stereocenters. The van der Waals surface area contributed by atoms with E-state index in [0.717, 1.165) is 23.7 Å². The van der Waals surface area contributed by atoms with Crippen molar-refractivity contribution in [1.29, 1.82) is 0 Å². The van der Waals surface area contributed by atoms with Gasteiger partial charge in [-0.15, -0.1) is 0 Å². The molecule has 0 saturated heterocycles. The first-order chi connectivity index (χ1) is 5.27. The van der Waals surface area contributed by atoms with Crippen molar-refractivity contribution in [1.82, 2.24) is 0 Å². The molecule has 0 heteroatoms. The molecule has 0 radical (unpaired) electrons. The summed E-state index contributed by atoms with van der Waals surface area (Å²) in [6.07, 6.45) is 4.65. The van der Waals surface area contributed by atoms with Gasteiger partial charge in [-0.05, 0) is 42.9 Å². The molecule has 0 unspecified atom stereocenters. The van der Waals surface area contributed by atoms with E-state index in [1.54, 1.807) is 12.8 Å². The molecule has 11 heavy (non-hydrogen) atoms. The summed E-state index contributed by atoms with van der Waals surface area (Å²) in [7, 11) is 0. The Balaban J connectivity index is 0.000000281. The Hall–Kier alpha value is 0. The summed E-state index contributed by atoms with van der Waals surface area (Å²) in [6.45, 7) is 8.85. The second-order valence-corrected chi connectivity index (χ2v) is 4.17. The summed E-state index contributed by atoms with van der Waals surface area (Å²) >= 11 is 0. The van der Waals surface area contributed by atoms with Crippen LogP contribution >= 0.6 is 0 Å². The number of fused-ring (bicyclic) bond motifs is 2. The smallest absolute Gasteiger partial charge is 0.0381 e. The molecule has 66 valence electrons. The molecule has 3 saturated carbocycles. The molecular formula is C11H22. The molecule has 0 heterocycles. The van der Waals surface area contributed by atoms with Gasteiger partial charge >= 0.3 is 0 Å². The fraction of sp³-hybridized carbons (Fsp3) is 1.00. The molecule has 0 aliphatic heterocycles. The van der Waals surface area contributed by atoms with Crippen LogP contribution in [0, 0.1) is 23.7 Å². The molecule has 0 aromatic carbocycles.